The summed E-state index contributed by atoms with van der Waals surface area (Å²) in [6, 6.07) is 0. The van der Waals surface area contributed by atoms with Crippen LogP contribution in [0.1, 0.15) is 13.8 Å². The van der Waals surface area contributed by atoms with E-state index < -0.39 is 11.8 Å². The van der Waals surface area contributed by atoms with Crippen molar-refractivity contribution >= 4 is 12.1 Å². The van der Waals surface area contributed by atoms with Crippen LogP contribution in [0.3, 0.4) is 0 Å². The van der Waals surface area contributed by atoms with Crippen LogP contribution in [0.25, 0.3) is 0 Å². The SMILES string of the molecule is C=C/C=C\C(C)=C/C(=C)/C(C)=C/C(C=N)C(N)=O. The number of primary amides is 1. The Kier molecular flexibility index (Phi) is 7.05. The Bertz CT molecular complexity index is 439. The van der Waals surface area contributed by atoms with Crippen molar-refractivity contribution in [2.45, 2.75) is 13.8 Å². The highest BCUT2D eigenvalue weighted by Crippen LogP contribution is 2.14. The van der Waals surface area contributed by atoms with Crippen molar-refractivity contribution in [3.8, 4) is 0 Å². The summed E-state index contributed by atoms with van der Waals surface area (Å²) in [4.78, 5) is 11.0. The minimum absolute atomic E-state index is 0.538. The van der Waals surface area contributed by atoms with Gasteiger partial charge in [-0.3, -0.25) is 4.79 Å². The molecule has 0 rings (SSSR count). The molecular weight excluding hydrogens is 224 g/mol. The molecule has 0 fully saturated rings. The zero-order valence-electron chi connectivity index (χ0n) is 10.9. The minimum atomic E-state index is -0.681. The molecule has 96 valence electrons. The van der Waals surface area contributed by atoms with Crippen molar-refractivity contribution in [2.75, 3.05) is 0 Å². The number of hydrogen-bond acceptors (Lipinski definition) is 2. The smallest absolute Gasteiger partial charge is 0.229 e. The summed E-state index contributed by atoms with van der Waals surface area (Å²) in [5, 5.41) is 7.12. The van der Waals surface area contributed by atoms with Crippen LogP contribution in [-0.2, 0) is 4.79 Å². The highest BCUT2D eigenvalue weighted by atomic mass is 16.1. The maximum absolute atomic E-state index is 11.0. The Balaban J connectivity index is 4.94. The van der Waals surface area contributed by atoms with Crippen LogP contribution in [0, 0.1) is 11.3 Å². The summed E-state index contributed by atoms with van der Waals surface area (Å²) in [5.74, 6) is -1.22. The zero-order valence-corrected chi connectivity index (χ0v) is 10.9. The fourth-order valence-electron chi connectivity index (χ4n) is 1.25. The molecule has 3 N–H and O–H groups in total. The lowest BCUT2D eigenvalue weighted by Crippen LogP contribution is -2.22. The molecule has 1 amide bonds. The van der Waals surface area contributed by atoms with E-state index in [1.807, 2.05) is 32.1 Å². The van der Waals surface area contributed by atoms with E-state index in [2.05, 4.69) is 13.2 Å². The maximum Gasteiger partial charge on any atom is 0.229 e. The summed E-state index contributed by atoms with van der Waals surface area (Å²) in [5.41, 5.74) is 7.80. The van der Waals surface area contributed by atoms with Gasteiger partial charge in [-0.2, -0.15) is 0 Å². The molecular formula is C15H20N2O. The first-order chi connectivity index (χ1) is 8.42. The van der Waals surface area contributed by atoms with Gasteiger partial charge >= 0.3 is 0 Å². The summed E-state index contributed by atoms with van der Waals surface area (Å²) < 4.78 is 0. The van der Waals surface area contributed by atoms with Gasteiger partial charge in [0.2, 0.25) is 5.91 Å². The molecule has 0 aromatic heterocycles. The topological polar surface area (TPSA) is 66.9 Å². The number of carbonyl (C=O) groups excluding carboxylic acids is 1. The van der Waals surface area contributed by atoms with Crippen LogP contribution in [0.2, 0.25) is 0 Å². The fourth-order valence-corrected chi connectivity index (χ4v) is 1.25. The number of nitrogens with one attached hydrogen (secondary N) is 1. The molecule has 0 radical (unpaired) electrons. The van der Waals surface area contributed by atoms with E-state index >= 15 is 0 Å². The van der Waals surface area contributed by atoms with E-state index in [0.717, 1.165) is 22.9 Å². The molecule has 3 nitrogen and oxygen atoms in total. The third kappa shape index (κ3) is 5.80. The molecule has 0 spiro atoms. The van der Waals surface area contributed by atoms with Crippen molar-refractivity contribution in [1.29, 1.82) is 5.41 Å². The van der Waals surface area contributed by atoms with Gasteiger partial charge in [0.15, 0.2) is 0 Å². The molecule has 3 heteroatoms. The Labute approximate surface area is 109 Å². The second-order valence-electron chi connectivity index (χ2n) is 3.95. The van der Waals surface area contributed by atoms with Crippen molar-refractivity contribution in [2.24, 2.45) is 11.7 Å². The summed E-state index contributed by atoms with van der Waals surface area (Å²) >= 11 is 0. The number of allylic oxidation sites excluding steroid dienone is 7. The molecule has 18 heavy (non-hydrogen) atoms. The van der Waals surface area contributed by atoms with Gasteiger partial charge in [-0.05, 0) is 25.0 Å². The molecule has 0 saturated carbocycles. The van der Waals surface area contributed by atoms with Gasteiger partial charge in [0.25, 0.3) is 0 Å². The van der Waals surface area contributed by atoms with Crippen LogP contribution in [0.15, 0.2) is 60.3 Å². The molecule has 1 unspecified atom stereocenters. The molecule has 0 saturated heterocycles. The van der Waals surface area contributed by atoms with Gasteiger partial charge in [-0.25, -0.2) is 0 Å². The average Bonchev–Trinajstić information content (AvgIpc) is 2.32. The monoisotopic (exact) mass is 244 g/mol. The Morgan fingerprint density at radius 1 is 1.39 bits per heavy atom. The Morgan fingerprint density at radius 3 is 2.44 bits per heavy atom. The van der Waals surface area contributed by atoms with Crippen molar-refractivity contribution in [3.05, 3.63) is 60.3 Å². The van der Waals surface area contributed by atoms with E-state index in [-0.39, 0.29) is 0 Å². The van der Waals surface area contributed by atoms with Crippen LogP contribution in [-0.4, -0.2) is 12.1 Å². The molecule has 1 atom stereocenters. The summed E-state index contributed by atoms with van der Waals surface area (Å²) in [6.07, 6.45) is 10.00. The summed E-state index contributed by atoms with van der Waals surface area (Å²) in [6.45, 7) is 11.3. The number of carbonyl (C=O) groups is 1. The molecule has 0 aliphatic rings. The van der Waals surface area contributed by atoms with Gasteiger partial charge in [-0.1, -0.05) is 49.1 Å². The number of rotatable bonds is 7. The van der Waals surface area contributed by atoms with Crippen molar-refractivity contribution in [3.63, 3.8) is 0 Å². The van der Waals surface area contributed by atoms with Gasteiger partial charge in [0.05, 0.1) is 5.92 Å². The molecule has 0 bridgehead atoms. The third-order valence-electron chi connectivity index (χ3n) is 2.34. The minimum Gasteiger partial charge on any atom is -0.369 e. The Hall–Kier alpha value is -2.16. The standard InChI is InChI=1S/C15H20N2O/c1-5-6-7-11(2)8-12(3)13(4)9-14(10-16)15(17)18/h5-10,14,16H,1,3H2,2,4H3,(H2,17,18)/b7-6-,11-8-,13-9+,16-10?. The van der Waals surface area contributed by atoms with Crippen molar-refractivity contribution < 1.29 is 4.79 Å². The Morgan fingerprint density at radius 2 is 2.00 bits per heavy atom. The average molecular weight is 244 g/mol. The van der Waals surface area contributed by atoms with E-state index in [0.29, 0.717) is 0 Å². The molecule has 0 aromatic carbocycles. The molecule has 0 aliphatic heterocycles. The van der Waals surface area contributed by atoms with E-state index in [1.165, 1.54) is 0 Å². The lowest BCUT2D eigenvalue weighted by atomic mass is 10.0. The summed E-state index contributed by atoms with van der Waals surface area (Å²) in [7, 11) is 0. The number of amides is 1. The highest BCUT2D eigenvalue weighted by molar-refractivity contribution is 5.93. The fraction of sp³-hybridized carbons (Fsp3) is 0.200. The maximum atomic E-state index is 11.0. The first-order valence-corrected chi connectivity index (χ1v) is 5.57. The van der Waals surface area contributed by atoms with E-state index in [4.69, 9.17) is 11.1 Å². The number of nitrogens with two attached hydrogens (primary N) is 1. The molecule has 0 aliphatic carbocycles. The normalized spacial score (nSPS) is 14.3. The second-order valence-corrected chi connectivity index (χ2v) is 3.95. The zero-order chi connectivity index (χ0) is 14.1. The van der Waals surface area contributed by atoms with Gasteiger partial charge < -0.3 is 11.1 Å². The van der Waals surface area contributed by atoms with Gasteiger partial charge in [0, 0.05) is 6.21 Å². The van der Waals surface area contributed by atoms with E-state index in [9.17, 15) is 4.79 Å². The highest BCUT2D eigenvalue weighted by Gasteiger charge is 2.09. The van der Waals surface area contributed by atoms with Crippen LogP contribution >= 0.6 is 0 Å². The molecule has 0 heterocycles. The van der Waals surface area contributed by atoms with Crippen LogP contribution < -0.4 is 5.73 Å². The number of hydrogen-bond donors (Lipinski definition) is 2. The predicted molar refractivity (Wildman–Crippen MR) is 77.5 cm³/mol. The first kappa shape index (κ1) is 15.8. The first-order valence-electron chi connectivity index (χ1n) is 5.57. The largest absolute Gasteiger partial charge is 0.369 e. The second kappa shape index (κ2) is 8.01. The third-order valence-corrected chi connectivity index (χ3v) is 2.34. The van der Waals surface area contributed by atoms with Gasteiger partial charge in [0.1, 0.15) is 0 Å². The molecule has 0 aromatic rings. The van der Waals surface area contributed by atoms with Crippen molar-refractivity contribution in [1.82, 2.24) is 0 Å². The van der Waals surface area contributed by atoms with Crippen LogP contribution in [0.4, 0.5) is 0 Å². The predicted octanol–water partition coefficient (Wildman–Crippen LogP) is 2.93. The lowest BCUT2D eigenvalue weighted by Gasteiger charge is -2.05. The van der Waals surface area contributed by atoms with Gasteiger partial charge in [-0.15, -0.1) is 0 Å². The lowest BCUT2D eigenvalue weighted by molar-refractivity contribution is -0.118. The van der Waals surface area contributed by atoms with Crippen LogP contribution in [0.5, 0.6) is 0 Å². The quantitative estimate of drug-likeness (QED) is 0.524. The van der Waals surface area contributed by atoms with E-state index in [1.54, 1.807) is 12.2 Å².